The average Bonchev–Trinajstić information content (AvgIpc) is 2.98. The van der Waals surface area contributed by atoms with Crippen molar-refractivity contribution >= 4 is 11.5 Å². The Bertz CT molecular complexity index is 1000. The SMILES string of the molecule is Cc1[nH][nH]c(=O)c1C(CC(=O)c1ccccc1)c1cccc([N+](=O)[O-])c1. The maximum atomic E-state index is 12.7. The number of nitro benzene ring substituents is 1. The summed E-state index contributed by atoms with van der Waals surface area (Å²) >= 11 is 0. The number of hydrogen-bond donors (Lipinski definition) is 2. The predicted octanol–water partition coefficient (Wildman–Crippen LogP) is 3.32. The molecule has 0 fully saturated rings. The van der Waals surface area contributed by atoms with Crippen LogP contribution in [0.1, 0.15) is 39.5 Å². The minimum atomic E-state index is -0.586. The van der Waals surface area contributed by atoms with Crippen molar-refractivity contribution in [3.05, 3.63) is 97.4 Å². The third-order valence-electron chi connectivity index (χ3n) is 4.33. The van der Waals surface area contributed by atoms with Gasteiger partial charge in [0.25, 0.3) is 11.2 Å². The second-order valence-corrected chi connectivity index (χ2v) is 6.02. The summed E-state index contributed by atoms with van der Waals surface area (Å²) in [6.07, 6.45) is 0.0347. The number of aryl methyl sites for hydroxylation is 1. The van der Waals surface area contributed by atoms with Crippen LogP contribution in [0.25, 0.3) is 0 Å². The van der Waals surface area contributed by atoms with Crippen LogP contribution in [0.15, 0.2) is 59.4 Å². The highest BCUT2D eigenvalue weighted by Crippen LogP contribution is 2.31. The Morgan fingerprint density at radius 1 is 1.12 bits per heavy atom. The van der Waals surface area contributed by atoms with E-state index in [1.165, 1.54) is 12.1 Å². The zero-order chi connectivity index (χ0) is 18.7. The van der Waals surface area contributed by atoms with Crippen molar-refractivity contribution in [2.24, 2.45) is 0 Å². The number of H-pyrrole nitrogens is 2. The number of carbonyl (C=O) groups excluding carboxylic acids is 1. The van der Waals surface area contributed by atoms with E-state index in [2.05, 4.69) is 10.2 Å². The Kier molecular flexibility index (Phi) is 4.79. The molecule has 0 radical (unpaired) electrons. The van der Waals surface area contributed by atoms with Crippen molar-refractivity contribution in [2.45, 2.75) is 19.3 Å². The van der Waals surface area contributed by atoms with Crippen molar-refractivity contribution in [1.82, 2.24) is 10.2 Å². The third-order valence-corrected chi connectivity index (χ3v) is 4.33. The monoisotopic (exact) mass is 351 g/mol. The molecule has 0 bridgehead atoms. The summed E-state index contributed by atoms with van der Waals surface area (Å²) in [6.45, 7) is 1.73. The highest BCUT2D eigenvalue weighted by Gasteiger charge is 2.25. The average molecular weight is 351 g/mol. The van der Waals surface area contributed by atoms with Crippen molar-refractivity contribution in [1.29, 1.82) is 0 Å². The summed E-state index contributed by atoms with van der Waals surface area (Å²) < 4.78 is 0. The van der Waals surface area contributed by atoms with Gasteiger partial charge in [-0.15, -0.1) is 0 Å². The van der Waals surface area contributed by atoms with Crippen molar-refractivity contribution in [2.75, 3.05) is 0 Å². The van der Waals surface area contributed by atoms with Crippen LogP contribution in [0.5, 0.6) is 0 Å². The number of nitro groups is 1. The smallest absolute Gasteiger partial charge is 0.269 e. The molecule has 0 aliphatic heterocycles. The molecule has 7 nitrogen and oxygen atoms in total. The lowest BCUT2D eigenvalue weighted by Gasteiger charge is -2.16. The van der Waals surface area contributed by atoms with Gasteiger partial charge < -0.3 is 5.10 Å². The molecule has 2 aromatic carbocycles. The van der Waals surface area contributed by atoms with E-state index in [1.54, 1.807) is 43.3 Å². The Morgan fingerprint density at radius 3 is 2.46 bits per heavy atom. The van der Waals surface area contributed by atoms with Gasteiger partial charge in [-0.05, 0) is 12.5 Å². The molecule has 0 aliphatic rings. The zero-order valence-corrected chi connectivity index (χ0v) is 14.1. The number of hydrogen-bond acceptors (Lipinski definition) is 4. The quantitative estimate of drug-likeness (QED) is 0.403. The molecule has 1 heterocycles. The lowest BCUT2D eigenvalue weighted by atomic mass is 9.85. The predicted molar refractivity (Wildman–Crippen MR) is 96.5 cm³/mol. The van der Waals surface area contributed by atoms with Crippen molar-refractivity contribution < 1.29 is 9.72 Å². The summed E-state index contributed by atoms with van der Waals surface area (Å²) in [4.78, 5) is 35.6. The number of nitrogens with zero attached hydrogens (tertiary/aromatic N) is 1. The molecule has 0 aliphatic carbocycles. The number of ketones is 1. The van der Waals surface area contributed by atoms with Gasteiger partial charge in [-0.3, -0.25) is 24.8 Å². The van der Waals surface area contributed by atoms with Gasteiger partial charge in [0.05, 0.1) is 4.92 Å². The molecular weight excluding hydrogens is 334 g/mol. The fourth-order valence-electron chi connectivity index (χ4n) is 3.04. The fraction of sp³-hybridized carbons (Fsp3) is 0.158. The van der Waals surface area contributed by atoms with Crippen molar-refractivity contribution in [3.8, 4) is 0 Å². The van der Waals surface area contributed by atoms with Crippen LogP contribution in [-0.4, -0.2) is 20.9 Å². The Hall–Kier alpha value is -3.48. The molecule has 132 valence electrons. The van der Waals surface area contributed by atoms with Gasteiger partial charge in [0.15, 0.2) is 5.78 Å². The molecule has 0 amide bonds. The van der Waals surface area contributed by atoms with E-state index < -0.39 is 10.8 Å². The first-order valence-corrected chi connectivity index (χ1v) is 8.07. The number of carbonyl (C=O) groups is 1. The largest absolute Gasteiger partial charge is 0.302 e. The van der Waals surface area contributed by atoms with Crippen molar-refractivity contribution in [3.63, 3.8) is 0 Å². The highest BCUT2D eigenvalue weighted by molar-refractivity contribution is 5.96. The van der Waals surface area contributed by atoms with E-state index in [4.69, 9.17) is 0 Å². The Morgan fingerprint density at radius 2 is 1.85 bits per heavy atom. The molecule has 3 rings (SSSR count). The molecule has 1 atom stereocenters. The lowest BCUT2D eigenvalue weighted by molar-refractivity contribution is -0.384. The number of benzene rings is 2. The summed E-state index contributed by atoms with van der Waals surface area (Å²) in [6, 6.07) is 14.8. The van der Waals surface area contributed by atoms with Gasteiger partial charge >= 0.3 is 0 Å². The normalized spacial score (nSPS) is 11.9. The molecule has 2 N–H and O–H groups in total. The minimum Gasteiger partial charge on any atom is -0.302 e. The van der Waals surface area contributed by atoms with Gasteiger partial charge in [0.2, 0.25) is 0 Å². The highest BCUT2D eigenvalue weighted by atomic mass is 16.6. The van der Waals surface area contributed by atoms with Crippen LogP contribution in [-0.2, 0) is 0 Å². The van der Waals surface area contributed by atoms with E-state index >= 15 is 0 Å². The first kappa shape index (κ1) is 17.3. The van der Waals surface area contributed by atoms with Gasteiger partial charge in [-0.2, -0.15) is 0 Å². The number of non-ortho nitro benzene ring substituents is 1. The van der Waals surface area contributed by atoms with E-state index in [1.807, 2.05) is 6.07 Å². The molecule has 1 unspecified atom stereocenters. The number of rotatable bonds is 6. The van der Waals surface area contributed by atoms with Crippen LogP contribution < -0.4 is 5.56 Å². The molecule has 0 saturated carbocycles. The van der Waals surface area contributed by atoms with Gasteiger partial charge in [0.1, 0.15) is 0 Å². The van der Waals surface area contributed by atoms with E-state index in [0.717, 1.165) is 0 Å². The van der Waals surface area contributed by atoms with E-state index in [-0.39, 0.29) is 23.5 Å². The summed E-state index contributed by atoms with van der Waals surface area (Å²) in [5.41, 5.74) is 1.69. The van der Waals surface area contributed by atoms with Crippen LogP contribution >= 0.6 is 0 Å². The Balaban J connectivity index is 2.06. The van der Waals surface area contributed by atoms with Gasteiger partial charge in [-0.25, -0.2) is 0 Å². The second-order valence-electron chi connectivity index (χ2n) is 6.02. The molecule has 0 spiro atoms. The molecular formula is C19H17N3O4. The zero-order valence-electron chi connectivity index (χ0n) is 14.1. The molecule has 7 heteroatoms. The first-order valence-electron chi connectivity index (χ1n) is 8.07. The fourth-order valence-corrected chi connectivity index (χ4v) is 3.04. The third kappa shape index (κ3) is 3.46. The molecule has 26 heavy (non-hydrogen) atoms. The topological polar surface area (TPSA) is 109 Å². The maximum Gasteiger partial charge on any atom is 0.269 e. The first-order chi connectivity index (χ1) is 12.5. The minimum absolute atomic E-state index is 0.0347. The van der Waals surface area contributed by atoms with E-state index in [0.29, 0.717) is 22.4 Å². The Labute approximate surface area is 148 Å². The number of aromatic amines is 2. The van der Waals surface area contributed by atoms with Crippen LogP contribution in [0.4, 0.5) is 5.69 Å². The van der Waals surface area contributed by atoms with Crippen LogP contribution in [0, 0.1) is 17.0 Å². The number of nitrogens with one attached hydrogen (secondary N) is 2. The maximum absolute atomic E-state index is 12.7. The molecule has 1 aromatic heterocycles. The standard InChI is InChI=1S/C19H17N3O4/c1-12-18(19(24)21-20-12)16(11-17(23)13-6-3-2-4-7-13)14-8-5-9-15(10-14)22(25)26/h2-10,16H,11H2,1H3,(H2,20,21,24). The summed E-state index contributed by atoms with van der Waals surface area (Å²) in [5.74, 6) is -0.722. The molecule has 3 aromatic rings. The van der Waals surface area contributed by atoms with Crippen LogP contribution in [0.3, 0.4) is 0 Å². The van der Waals surface area contributed by atoms with Gasteiger partial charge in [-0.1, -0.05) is 42.5 Å². The summed E-state index contributed by atoms with van der Waals surface area (Å²) in [7, 11) is 0. The molecule has 0 saturated heterocycles. The second kappa shape index (κ2) is 7.18. The number of aromatic nitrogens is 2. The van der Waals surface area contributed by atoms with Crippen LogP contribution in [0.2, 0.25) is 0 Å². The number of Topliss-reactive ketones (excluding diaryl/α,β-unsaturated/α-hetero) is 1. The van der Waals surface area contributed by atoms with E-state index in [9.17, 15) is 19.7 Å². The van der Waals surface area contributed by atoms with Gasteiger partial charge in [0, 0.05) is 41.3 Å². The summed E-state index contributed by atoms with van der Waals surface area (Å²) in [5, 5.41) is 16.4. The lowest BCUT2D eigenvalue weighted by Crippen LogP contribution is -2.17.